The fraction of sp³-hybridized carbons (Fsp3) is 0.167. The summed E-state index contributed by atoms with van der Waals surface area (Å²) >= 11 is 5.43. The zero-order chi connectivity index (χ0) is 6.57. The maximum Gasteiger partial charge on any atom is 0.128 e. The topological polar surface area (TPSA) is 12.4 Å². The second-order valence-corrected chi connectivity index (χ2v) is 1.86. The minimum absolute atomic E-state index is 0.387. The van der Waals surface area contributed by atoms with Crippen molar-refractivity contribution < 1.29 is 0 Å². The summed E-state index contributed by atoms with van der Waals surface area (Å²) in [4.78, 5) is 3.44. The molecule has 0 aromatic carbocycles. The van der Waals surface area contributed by atoms with E-state index in [0.717, 1.165) is 5.57 Å². The molecule has 0 saturated heterocycles. The van der Waals surface area contributed by atoms with Crippen LogP contribution >= 0.6 is 11.6 Å². The minimum Gasteiger partial charge on any atom is -0.252 e. The number of allylic oxidation sites excluding steroid dienone is 2. The largest absolute Gasteiger partial charge is 0.252 e. The molecule has 0 aromatic rings. The number of aliphatic imine (C=N–C) groups is 1. The summed E-state index contributed by atoms with van der Waals surface area (Å²) in [5.74, 6) is 0. The van der Waals surface area contributed by atoms with Crippen molar-refractivity contribution in [1.82, 2.24) is 0 Å². The molecule has 0 aliphatic rings. The van der Waals surface area contributed by atoms with Crippen molar-refractivity contribution in [3.8, 4) is 0 Å². The molecule has 0 unspecified atom stereocenters. The van der Waals surface area contributed by atoms with E-state index < -0.39 is 0 Å². The van der Waals surface area contributed by atoms with Gasteiger partial charge in [0.2, 0.25) is 0 Å². The van der Waals surface area contributed by atoms with Gasteiger partial charge in [0.05, 0.1) is 0 Å². The minimum atomic E-state index is 0.387. The van der Waals surface area contributed by atoms with E-state index in [4.69, 9.17) is 11.6 Å². The molecular weight excluding hydrogens is 122 g/mol. The van der Waals surface area contributed by atoms with E-state index in [0.29, 0.717) is 5.16 Å². The fourth-order valence-electron chi connectivity index (χ4n) is 0.249. The molecule has 2 heteroatoms. The smallest absolute Gasteiger partial charge is 0.128 e. The van der Waals surface area contributed by atoms with Gasteiger partial charge in [-0.3, -0.25) is 4.99 Å². The summed E-state index contributed by atoms with van der Waals surface area (Å²) in [5.41, 5.74) is 0.877. The first-order valence-electron chi connectivity index (χ1n) is 2.16. The molecule has 0 aromatic heterocycles. The first kappa shape index (κ1) is 7.44. The van der Waals surface area contributed by atoms with Crippen LogP contribution in [-0.2, 0) is 0 Å². The van der Waals surface area contributed by atoms with Crippen molar-refractivity contribution >= 4 is 18.3 Å². The van der Waals surface area contributed by atoms with E-state index in [9.17, 15) is 0 Å². The van der Waals surface area contributed by atoms with Crippen LogP contribution in [0.15, 0.2) is 28.4 Å². The molecular formula is C6H8ClN. The van der Waals surface area contributed by atoms with Gasteiger partial charge in [0.25, 0.3) is 0 Å². The van der Waals surface area contributed by atoms with Gasteiger partial charge in [0, 0.05) is 0 Å². The molecule has 1 nitrogen and oxygen atoms in total. The number of hydrogen-bond donors (Lipinski definition) is 0. The summed E-state index contributed by atoms with van der Waals surface area (Å²) < 4.78 is 0. The van der Waals surface area contributed by atoms with E-state index in [1.807, 2.05) is 6.92 Å². The first-order valence-corrected chi connectivity index (χ1v) is 2.54. The Morgan fingerprint density at radius 2 is 2.25 bits per heavy atom. The van der Waals surface area contributed by atoms with Gasteiger partial charge in [-0.05, 0) is 19.7 Å². The maximum atomic E-state index is 5.43. The second-order valence-electron chi connectivity index (χ2n) is 1.47. The molecule has 0 amide bonds. The van der Waals surface area contributed by atoms with Gasteiger partial charge in [0.15, 0.2) is 0 Å². The highest BCUT2D eigenvalue weighted by Crippen LogP contribution is 2.04. The van der Waals surface area contributed by atoms with Crippen molar-refractivity contribution in [2.75, 3.05) is 0 Å². The fourth-order valence-corrected chi connectivity index (χ4v) is 0.435. The summed E-state index contributed by atoms with van der Waals surface area (Å²) in [7, 11) is 0. The van der Waals surface area contributed by atoms with Crippen molar-refractivity contribution in [1.29, 1.82) is 0 Å². The molecule has 0 bridgehead atoms. The summed E-state index contributed by atoms with van der Waals surface area (Å²) in [6.45, 7) is 8.66. The Morgan fingerprint density at radius 1 is 1.75 bits per heavy atom. The lowest BCUT2D eigenvalue weighted by molar-refractivity contribution is 1.47. The third-order valence-corrected chi connectivity index (χ3v) is 0.745. The van der Waals surface area contributed by atoms with Crippen LogP contribution in [0, 0.1) is 0 Å². The molecule has 0 radical (unpaired) electrons. The van der Waals surface area contributed by atoms with Gasteiger partial charge in [0.1, 0.15) is 5.16 Å². The lowest BCUT2D eigenvalue weighted by atomic mass is 10.3. The van der Waals surface area contributed by atoms with Crippen LogP contribution in [0.2, 0.25) is 0 Å². The predicted octanol–water partition coefficient (Wildman–Crippen LogP) is 2.34. The molecule has 0 rings (SSSR count). The lowest BCUT2D eigenvalue weighted by Gasteiger charge is -1.84. The van der Waals surface area contributed by atoms with E-state index in [-0.39, 0.29) is 0 Å². The number of hydrogen-bond acceptors (Lipinski definition) is 1. The maximum absolute atomic E-state index is 5.43. The van der Waals surface area contributed by atoms with Crippen LogP contribution in [0.5, 0.6) is 0 Å². The normalized spacial score (nSPS) is 11.0. The molecule has 0 aliphatic heterocycles. The van der Waals surface area contributed by atoms with Crippen LogP contribution < -0.4 is 0 Å². The summed E-state index contributed by atoms with van der Waals surface area (Å²) in [6, 6.07) is 0. The third-order valence-electron chi connectivity index (χ3n) is 0.517. The summed E-state index contributed by atoms with van der Waals surface area (Å²) in [6.07, 6.45) is 1.65. The Hall–Kier alpha value is -0.560. The average Bonchev–Trinajstić information content (AvgIpc) is 1.65. The molecule has 44 valence electrons. The van der Waals surface area contributed by atoms with E-state index >= 15 is 0 Å². The van der Waals surface area contributed by atoms with E-state index in [1.165, 1.54) is 0 Å². The van der Waals surface area contributed by atoms with Gasteiger partial charge >= 0.3 is 0 Å². The van der Waals surface area contributed by atoms with Crippen molar-refractivity contribution in [2.24, 2.45) is 4.99 Å². The first-order chi connectivity index (χ1) is 3.66. The van der Waals surface area contributed by atoms with Crippen molar-refractivity contribution in [3.05, 3.63) is 23.4 Å². The SMILES string of the molecule is C=N/C(Cl)=C\C(=C)C. The van der Waals surface area contributed by atoms with Gasteiger partial charge in [-0.2, -0.15) is 0 Å². The van der Waals surface area contributed by atoms with Gasteiger partial charge in [-0.1, -0.05) is 23.8 Å². The molecule has 0 aliphatic carbocycles. The highest BCUT2D eigenvalue weighted by Gasteiger charge is 1.80. The summed E-state index contributed by atoms with van der Waals surface area (Å²) in [5, 5.41) is 0.387. The van der Waals surface area contributed by atoms with Gasteiger partial charge in [-0.25, -0.2) is 0 Å². The van der Waals surface area contributed by atoms with Crippen molar-refractivity contribution in [3.63, 3.8) is 0 Å². The highest BCUT2D eigenvalue weighted by molar-refractivity contribution is 6.29. The van der Waals surface area contributed by atoms with Gasteiger partial charge < -0.3 is 0 Å². The quantitative estimate of drug-likeness (QED) is 0.308. The Morgan fingerprint density at radius 3 is 2.38 bits per heavy atom. The lowest BCUT2D eigenvalue weighted by Crippen LogP contribution is -1.64. The molecule has 0 saturated carbocycles. The Labute approximate surface area is 54.4 Å². The Bertz CT molecular complexity index is 135. The van der Waals surface area contributed by atoms with Crippen LogP contribution in [0.25, 0.3) is 0 Å². The van der Waals surface area contributed by atoms with E-state index in [2.05, 4.69) is 18.3 Å². The molecule has 0 atom stereocenters. The zero-order valence-electron chi connectivity index (χ0n) is 4.82. The van der Waals surface area contributed by atoms with Gasteiger partial charge in [-0.15, -0.1) is 0 Å². The number of rotatable bonds is 2. The van der Waals surface area contributed by atoms with Crippen molar-refractivity contribution in [2.45, 2.75) is 6.92 Å². The Kier molecular flexibility index (Phi) is 3.20. The standard InChI is InChI=1S/C6H8ClN/c1-5(2)4-6(7)8-3/h4H,1,3H2,2H3/b6-4-. The molecule has 8 heavy (non-hydrogen) atoms. The van der Waals surface area contributed by atoms with Crippen LogP contribution in [0.4, 0.5) is 0 Å². The second kappa shape index (κ2) is 3.44. The predicted molar refractivity (Wildman–Crippen MR) is 38.3 cm³/mol. The molecule has 0 heterocycles. The van der Waals surface area contributed by atoms with E-state index in [1.54, 1.807) is 6.08 Å². The highest BCUT2D eigenvalue weighted by atomic mass is 35.5. The zero-order valence-corrected chi connectivity index (χ0v) is 5.57. The Balaban J connectivity index is 3.94. The molecule has 0 fully saturated rings. The third kappa shape index (κ3) is 3.62. The van der Waals surface area contributed by atoms with Crippen LogP contribution in [0.3, 0.4) is 0 Å². The average molecular weight is 130 g/mol. The molecule has 0 N–H and O–H groups in total. The number of nitrogens with zero attached hydrogens (tertiary/aromatic N) is 1. The van der Waals surface area contributed by atoms with Crippen LogP contribution in [0.1, 0.15) is 6.92 Å². The number of halogens is 1. The monoisotopic (exact) mass is 129 g/mol. The van der Waals surface area contributed by atoms with Crippen LogP contribution in [-0.4, -0.2) is 6.72 Å². The molecule has 0 spiro atoms.